The number of hydrogen-bond donors (Lipinski definition) is 1. The molecule has 1 atom stereocenters. The van der Waals surface area contributed by atoms with Gasteiger partial charge in [0.1, 0.15) is 0 Å². The molecular formula is C16H17N3O3S. The summed E-state index contributed by atoms with van der Waals surface area (Å²) in [6, 6.07) is 10.1. The highest BCUT2D eigenvalue weighted by molar-refractivity contribution is 7.90. The molecule has 1 aromatic carbocycles. The Labute approximate surface area is 134 Å². The van der Waals surface area contributed by atoms with Gasteiger partial charge < -0.3 is 9.67 Å². The van der Waals surface area contributed by atoms with Gasteiger partial charge in [-0.3, -0.25) is 4.68 Å². The number of rotatable bonds is 5. The molecule has 1 unspecified atom stereocenters. The summed E-state index contributed by atoms with van der Waals surface area (Å²) < 4.78 is 26.5. The maximum absolute atomic E-state index is 11.4. The average Bonchev–Trinajstić information content (AvgIpc) is 3.17. The van der Waals surface area contributed by atoms with Gasteiger partial charge in [-0.15, -0.1) is 0 Å². The van der Waals surface area contributed by atoms with Crippen LogP contribution >= 0.6 is 0 Å². The third kappa shape index (κ3) is 3.52. The van der Waals surface area contributed by atoms with Crippen molar-refractivity contribution in [3.8, 4) is 5.69 Å². The standard InChI is InChI=1S/C16H17N3O3S/c1-23(21,22)15-6-4-13(5-7-15)16(20)12-19-11-14(10-17-19)18-8-2-3-9-18/h2-11,16,20H,12H2,1H3. The predicted octanol–water partition coefficient (Wildman–Crippen LogP) is 1.81. The minimum absolute atomic E-state index is 0.238. The van der Waals surface area contributed by atoms with E-state index in [-0.39, 0.29) is 4.90 Å². The molecule has 0 aliphatic rings. The molecule has 3 aromatic rings. The van der Waals surface area contributed by atoms with Crippen LogP contribution in [0.4, 0.5) is 0 Å². The van der Waals surface area contributed by atoms with Crippen LogP contribution in [0.1, 0.15) is 11.7 Å². The first-order chi connectivity index (χ1) is 10.9. The van der Waals surface area contributed by atoms with E-state index in [9.17, 15) is 13.5 Å². The fourth-order valence-electron chi connectivity index (χ4n) is 2.31. The molecule has 1 N–H and O–H groups in total. The third-order valence-electron chi connectivity index (χ3n) is 3.58. The van der Waals surface area contributed by atoms with Gasteiger partial charge in [-0.1, -0.05) is 12.1 Å². The molecule has 0 saturated heterocycles. The quantitative estimate of drug-likeness (QED) is 0.773. The van der Waals surface area contributed by atoms with E-state index in [2.05, 4.69) is 5.10 Å². The lowest BCUT2D eigenvalue weighted by Crippen LogP contribution is -2.09. The Bertz CT molecular complexity index is 881. The van der Waals surface area contributed by atoms with Gasteiger partial charge in [-0.2, -0.15) is 5.10 Å². The second-order valence-electron chi connectivity index (χ2n) is 5.37. The first-order valence-corrected chi connectivity index (χ1v) is 8.96. The molecule has 0 aliphatic carbocycles. The van der Waals surface area contributed by atoms with Crippen LogP contribution in [0.15, 0.2) is 66.1 Å². The molecule has 0 spiro atoms. The van der Waals surface area contributed by atoms with E-state index in [1.54, 1.807) is 23.0 Å². The third-order valence-corrected chi connectivity index (χ3v) is 4.70. The molecule has 6 nitrogen and oxygen atoms in total. The molecule has 0 amide bonds. The number of aromatic nitrogens is 3. The van der Waals surface area contributed by atoms with Crippen molar-refractivity contribution in [1.29, 1.82) is 0 Å². The van der Waals surface area contributed by atoms with Crippen LogP contribution in [0.25, 0.3) is 5.69 Å². The highest BCUT2D eigenvalue weighted by Gasteiger charge is 2.12. The van der Waals surface area contributed by atoms with Crippen molar-refractivity contribution < 1.29 is 13.5 Å². The molecule has 0 saturated carbocycles. The van der Waals surface area contributed by atoms with Gasteiger partial charge in [0.05, 0.1) is 29.4 Å². The number of aliphatic hydroxyl groups is 1. The Hall–Kier alpha value is -2.38. The first-order valence-electron chi connectivity index (χ1n) is 7.07. The van der Waals surface area contributed by atoms with Crippen LogP contribution in [0.3, 0.4) is 0 Å². The Morgan fingerprint density at radius 1 is 1.17 bits per heavy atom. The van der Waals surface area contributed by atoms with E-state index < -0.39 is 15.9 Å². The SMILES string of the molecule is CS(=O)(=O)c1ccc(C(O)Cn2cc(-n3cccc3)cn2)cc1. The summed E-state index contributed by atoms with van der Waals surface area (Å²) in [6.45, 7) is 0.291. The zero-order valence-corrected chi connectivity index (χ0v) is 13.4. The van der Waals surface area contributed by atoms with Crippen molar-refractivity contribution in [2.45, 2.75) is 17.5 Å². The number of hydrogen-bond acceptors (Lipinski definition) is 4. The Morgan fingerprint density at radius 3 is 2.43 bits per heavy atom. The molecule has 2 aromatic heterocycles. The monoisotopic (exact) mass is 331 g/mol. The van der Waals surface area contributed by atoms with Gasteiger partial charge in [0, 0.05) is 24.8 Å². The van der Waals surface area contributed by atoms with Gasteiger partial charge in [-0.05, 0) is 29.8 Å². The molecule has 23 heavy (non-hydrogen) atoms. The van der Waals surface area contributed by atoms with Gasteiger partial charge in [0.2, 0.25) is 0 Å². The van der Waals surface area contributed by atoms with Gasteiger partial charge in [0.15, 0.2) is 9.84 Å². The van der Waals surface area contributed by atoms with E-state index >= 15 is 0 Å². The lowest BCUT2D eigenvalue weighted by atomic mass is 10.1. The highest BCUT2D eigenvalue weighted by Crippen LogP contribution is 2.18. The summed E-state index contributed by atoms with van der Waals surface area (Å²) in [7, 11) is -3.23. The molecule has 2 heterocycles. The van der Waals surface area contributed by atoms with Crippen LogP contribution in [-0.2, 0) is 16.4 Å². The maximum Gasteiger partial charge on any atom is 0.175 e. The number of benzene rings is 1. The van der Waals surface area contributed by atoms with Crippen molar-refractivity contribution >= 4 is 9.84 Å². The molecule has 0 radical (unpaired) electrons. The van der Waals surface area contributed by atoms with Crippen LogP contribution < -0.4 is 0 Å². The summed E-state index contributed by atoms with van der Waals surface area (Å²) in [4.78, 5) is 0.238. The lowest BCUT2D eigenvalue weighted by Gasteiger charge is -2.11. The smallest absolute Gasteiger partial charge is 0.175 e. The van der Waals surface area contributed by atoms with Crippen molar-refractivity contribution in [2.24, 2.45) is 0 Å². The van der Waals surface area contributed by atoms with Crippen molar-refractivity contribution in [3.63, 3.8) is 0 Å². The second kappa shape index (κ2) is 6.02. The fourth-order valence-corrected chi connectivity index (χ4v) is 2.94. The summed E-state index contributed by atoms with van der Waals surface area (Å²) in [5.41, 5.74) is 1.56. The summed E-state index contributed by atoms with van der Waals surface area (Å²) in [6.07, 6.45) is 7.79. The van der Waals surface area contributed by atoms with Crippen LogP contribution in [-0.4, -0.2) is 34.1 Å². The van der Waals surface area contributed by atoms with E-state index in [0.717, 1.165) is 11.9 Å². The molecular weight excluding hydrogens is 314 g/mol. The second-order valence-corrected chi connectivity index (χ2v) is 7.38. The minimum Gasteiger partial charge on any atom is -0.386 e. The molecule has 0 aliphatic heterocycles. The van der Waals surface area contributed by atoms with Crippen molar-refractivity contribution in [2.75, 3.05) is 6.26 Å². The number of sulfone groups is 1. The van der Waals surface area contributed by atoms with Gasteiger partial charge >= 0.3 is 0 Å². The molecule has 0 bridgehead atoms. The minimum atomic E-state index is -3.23. The summed E-state index contributed by atoms with van der Waals surface area (Å²) >= 11 is 0. The topological polar surface area (TPSA) is 77.1 Å². The molecule has 0 fully saturated rings. The Balaban J connectivity index is 1.73. The highest BCUT2D eigenvalue weighted by atomic mass is 32.2. The van der Waals surface area contributed by atoms with E-state index in [0.29, 0.717) is 12.1 Å². The van der Waals surface area contributed by atoms with Gasteiger partial charge in [-0.25, -0.2) is 8.42 Å². The zero-order valence-electron chi connectivity index (χ0n) is 12.6. The van der Waals surface area contributed by atoms with E-state index in [1.807, 2.05) is 35.3 Å². The van der Waals surface area contributed by atoms with Crippen molar-refractivity contribution in [1.82, 2.24) is 14.3 Å². The van der Waals surface area contributed by atoms with E-state index in [4.69, 9.17) is 0 Å². The van der Waals surface area contributed by atoms with Crippen LogP contribution in [0.5, 0.6) is 0 Å². The largest absolute Gasteiger partial charge is 0.386 e. The molecule has 7 heteroatoms. The van der Waals surface area contributed by atoms with Gasteiger partial charge in [0.25, 0.3) is 0 Å². The first kappa shape index (κ1) is 15.5. The predicted molar refractivity (Wildman–Crippen MR) is 86.1 cm³/mol. The fraction of sp³-hybridized carbons (Fsp3) is 0.188. The Kier molecular flexibility index (Phi) is 4.06. The zero-order chi connectivity index (χ0) is 16.4. The Morgan fingerprint density at radius 2 is 1.83 bits per heavy atom. The maximum atomic E-state index is 11.4. The normalized spacial score (nSPS) is 13.1. The number of aliphatic hydroxyl groups excluding tert-OH is 1. The lowest BCUT2D eigenvalue weighted by molar-refractivity contribution is 0.151. The van der Waals surface area contributed by atoms with Crippen LogP contribution in [0, 0.1) is 0 Å². The summed E-state index contributed by atoms with van der Waals surface area (Å²) in [5, 5.41) is 14.5. The summed E-state index contributed by atoms with van der Waals surface area (Å²) in [5.74, 6) is 0. The molecule has 120 valence electrons. The number of nitrogens with zero attached hydrogens (tertiary/aromatic N) is 3. The average molecular weight is 331 g/mol. The molecule has 3 rings (SSSR count). The van der Waals surface area contributed by atoms with Crippen molar-refractivity contribution in [3.05, 3.63) is 66.7 Å². The van der Waals surface area contributed by atoms with Crippen LogP contribution in [0.2, 0.25) is 0 Å². The van der Waals surface area contributed by atoms with E-state index in [1.165, 1.54) is 12.1 Å².